The topological polar surface area (TPSA) is 105 Å². The van der Waals surface area contributed by atoms with Crippen LogP contribution in [-0.2, 0) is 23.4 Å². The van der Waals surface area contributed by atoms with Crippen LogP contribution < -0.4 is 5.09 Å². The first-order chi connectivity index (χ1) is 9.62. The van der Waals surface area contributed by atoms with Crippen molar-refractivity contribution in [2.45, 2.75) is 39.3 Å². The van der Waals surface area contributed by atoms with E-state index < -0.39 is 37.3 Å². The Morgan fingerprint density at radius 1 is 1.52 bits per heavy atom. The third-order valence-electron chi connectivity index (χ3n) is 3.16. The van der Waals surface area contributed by atoms with Crippen LogP contribution in [0.25, 0.3) is 0 Å². The highest BCUT2D eigenvalue weighted by molar-refractivity contribution is 7.58. The highest BCUT2D eigenvalue weighted by Gasteiger charge is 2.43. The van der Waals surface area contributed by atoms with E-state index in [1.54, 1.807) is 20.8 Å². The highest BCUT2D eigenvalue weighted by atomic mass is 31.2. The van der Waals surface area contributed by atoms with Crippen LogP contribution in [0.15, 0.2) is 0 Å². The molecule has 1 fully saturated rings. The number of carbonyl (C=O) groups is 2. The van der Waals surface area contributed by atoms with Gasteiger partial charge in [-0.15, -0.1) is 0 Å². The lowest BCUT2D eigenvalue weighted by Gasteiger charge is -2.32. The summed E-state index contributed by atoms with van der Waals surface area (Å²) in [7, 11) is -2.16. The molecule has 0 aliphatic carbocycles. The molecule has 1 aliphatic heterocycles. The maximum absolute atomic E-state index is 12.6. The summed E-state index contributed by atoms with van der Waals surface area (Å²) in [4.78, 5) is 23.5. The van der Waals surface area contributed by atoms with Crippen LogP contribution in [0.4, 0.5) is 0 Å². The molecule has 0 radical (unpaired) electrons. The lowest BCUT2D eigenvalue weighted by molar-refractivity contribution is -0.169. The van der Waals surface area contributed by atoms with Gasteiger partial charge in [-0.2, -0.15) is 0 Å². The van der Waals surface area contributed by atoms with E-state index in [4.69, 9.17) is 9.26 Å². The minimum absolute atomic E-state index is 0.206. The SMILES string of the molecule is CNP(=O)(OCOC(=O)C(C)(C)C)C1CCCN(O)C1=O. The molecule has 1 rings (SSSR count). The number of ether oxygens (including phenoxy) is 1. The molecule has 0 spiro atoms. The summed E-state index contributed by atoms with van der Waals surface area (Å²) in [5.41, 5.74) is -1.68. The standard InChI is InChI=1S/C12H23N2O6P/c1-12(2,3)11(16)19-8-20-21(18,13-4)9-6-5-7-14(17)10(9)15/h9,17H,5-8H2,1-4H3,(H,13,18). The molecular weight excluding hydrogens is 299 g/mol. The van der Waals surface area contributed by atoms with E-state index in [-0.39, 0.29) is 6.54 Å². The summed E-state index contributed by atoms with van der Waals surface area (Å²) in [5.74, 6) is -1.15. The van der Waals surface area contributed by atoms with E-state index in [9.17, 15) is 19.4 Å². The second-order valence-electron chi connectivity index (χ2n) is 5.87. The molecule has 2 N–H and O–H groups in total. The number of piperidine rings is 1. The van der Waals surface area contributed by atoms with Crippen LogP contribution >= 0.6 is 7.52 Å². The van der Waals surface area contributed by atoms with Gasteiger partial charge in [-0.1, -0.05) is 0 Å². The molecule has 0 saturated carbocycles. The van der Waals surface area contributed by atoms with Gasteiger partial charge < -0.3 is 4.74 Å². The molecule has 1 saturated heterocycles. The zero-order chi connectivity index (χ0) is 16.3. The fourth-order valence-corrected chi connectivity index (χ4v) is 3.62. The number of carbonyl (C=O) groups excluding carboxylic acids is 2. The number of nitrogens with zero attached hydrogens (tertiary/aromatic N) is 1. The van der Waals surface area contributed by atoms with Crippen LogP contribution in [0, 0.1) is 5.41 Å². The van der Waals surface area contributed by atoms with E-state index in [0.29, 0.717) is 17.9 Å². The van der Waals surface area contributed by atoms with Gasteiger partial charge in [0.15, 0.2) is 6.79 Å². The van der Waals surface area contributed by atoms with E-state index in [0.717, 1.165) is 0 Å². The van der Waals surface area contributed by atoms with Gasteiger partial charge in [0, 0.05) is 6.54 Å². The molecule has 122 valence electrons. The Balaban J connectivity index is 2.66. The van der Waals surface area contributed by atoms with Gasteiger partial charge in [-0.3, -0.25) is 23.9 Å². The largest absolute Gasteiger partial charge is 0.438 e. The number of hydrogen-bond acceptors (Lipinski definition) is 6. The number of rotatable bonds is 5. The highest BCUT2D eigenvalue weighted by Crippen LogP contribution is 2.50. The van der Waals surface area contributed by atoms with Gasteiger partial charge >= 0.3 is 5.97 Å². The lowest BCUT2D eigenvalue weighted by Crippen LogP contribution is -2.43. The monoisotopic (exact) mass is 322 g/mol. The van der Waals surface area contributed by atoms with Crippen LogP contribution in [-0.4, -0.2) is 48.2 Å². The van der Waals surface area contributed by atoms with Crippen molar-refractivity contribution in [2.75, 3.05) is 20.4 Å². The van der Waals surface area contributed by atoms with Gasteiger partial charge in [0.1, 0.15) is 5.66 Å². The van der Waals surface area contributed by atoms with Crippen molar-refractivity contribution in [3.8, 4) is 0 Å². The van der Waals surface area contributed by atoms with Gasteiger partial charge in [-0.25, -0.2) is 10.2 Å². The Hall–Kier alpha value is -0.950. The Kier molecular flexibility index (Phi) is 5.92. The molecule has 1 aliphatic rings. The molecule has 2 atom stereocenters. The zero-order valence-electron chi connectivity index (χ0n) is 12.8. The number of esters is 1. The van der Waals surface area contributed by atoms with Gasteiger partial charge in [0.2, 0.25) is 0 Å². The minimum atomic E-state index is -3.56. The van der Waals surface area contributed by atoms with Gasteiger partial charge in [0.05, 0.1) is 5.41 Å². The van der Waals surface area contributed by atoms with Crippen molar-refractivity contribution in [1.29, 1.82) is 0 Å². The Labute approximate surface area is 124 Å². The molecule has 0 aromatic rings. The molecule has 0 aromatic carbocycles. The average Bonchev–Trinajstić information content (AvgIpc) is 2.40. The summed E-state index contributed by atoms with van der Waals surface area (Å²) in [5, 5.41) is 12.5. The van der Waals surface area contributed by atoms with Crippen molar-refractivity contribution in [1.82, 2.24) is 10.2 Å². The molecule has 1 amide bonds. The molecule has 1 heterocycles. The Morgan fingerprint density at radius 3 is 2.67 bits per heavy atom. The molecule has 9 heteroatoms. The van der Waals surface area contributed by atoms with Gasteiger partial charge in [-0.05, 0) is 40.7 Å². The van der Waals surface area contributed by atoms with E-state index >= 15 is 0 Å². The van der Waals surface area contributed by atoms with Crippen molar-refractivity contribution < 1.29 is 28.6 Å². The van der Waals surface area contributed by atoms with Crippen LogP contribution in [0.2, 0.25) is 0 Å². The first-order valence-electron chi connectivity index (χ1n) is 6.72. The fourth-order valence-electron chi connectivity index (χ4n) is 1.84. The Morgan fingerprint density at radius 2 is 2.14 bits per heavy atom. The zero-order valence-corrected chi connectivity index (χ0v) is 13.7. The number of hydroxylamine groups is 2. The normalized spacial score (nSPS) is 22.8. The summed E-state index contributed by atoms with van der Waals surface area (Å²) in [6.07, 6.45) is 0.852. The van der Waals surface area contributed by atoms with Crippen molar-refractivity contribution in [3.63, 3.8) is 0 Å². The minimum Gasteiger partial charge on any atom is -0.438 e. The van der Waals surface area contributed by atoms with Crippen LogP contribution in [0.5, 0.6) is 0 Å². The molecular formula is C12H23N2O6P. The van der Waals surface area contributed by atoms with Crippen molar-refractivity contribution in [2.24, 2.45) is 5.41 Å². The molecule has 0 bridgehead atoms. The van der Waals surface area contributed by atoms with E-state index in [1.807, 2.05) is 0 Å². The van der Waals surface area contributed by atoms with Crippen molar-refractivity contribution in [3.05, 3.63) is 0 Å². The van der Waals surface area contributed by atoms with E-state index in [2.05, 4.69) is 5.09 Å². The summed E-state index contributed by atoms with van der Waals surface area (Å²) < 4.78 is 22.7. The quantitative estimate of drug-likeness (QED) is 0.340. The predicted octanol–water partition coefficient (Wildman–Crippen LogP) is 1.34. The smallest absolute Gasteiger partial charge is 0.313 e. The third-order valence-corrected chi connectivity index (χ3v) is 5.57. The van der Waals surface area contributed by atoms with Crippen molar-refractivity contribution >= 4 is 19.4 Å². The first-order valence-corrected chi connectivity index (χ1v) is 8.42. The lowest BCUT2D eigenvalue weighted by atomic mass is 9.98. The third kappa shape index (κ3) is 4.51. The molecule has 8 nitrogen and oxygen atoms in total. The molecule has 21 heavy (non-hydrogen) atoms. The summed E-state index contributed by atoms with van der Waals surface area (Å²) in [6.45, 7) is 4.74. The molecule has 2 unspecified atom stereocenters. The summed E-state index contributed by atoms with van der Waals surface area (Å²) in [6, 6.07) is 0. The second-order valence-corrected chi connectivity index (χ2v) is 8.39. The maximum atomic E-state index is 12.6. The Bertz CT molecular complexity index is 448. The number of amides is 1. The number of nitrogens with one attached hydrogen (secondary N) is 1. The van der Waals surface area contributed by atoms with Crippen LogP contribution in [0.1, 0.15) is 33.6 Å². The van der Waals surface area contributed by atoms with Gasteiger partial charge in [0.25, 0.3) is 13.4 Å². The fraction of sp³-hybridized carbons (Fsp3) is 0.833. The maximum Gasteiger partial charge on any atom is 0.313 e. The summed E-state index contributed by atoms with van der Waals surface area (Å²) >= 11 is 0. The first kappa shape index (κ1) is 18.1. The second kappa shape index (κ2) is 6.87. The molecule has 0 aromatic heterocycles. The van der Waals surface area contributed by atoms with E-state index in [1.165, 1.54) is 7.05 Å². The average molecular weight is 322 g/mol. The van der Waals surface area contributed by atoms with Crippen LogP contribution in [0.3, 0.4) is 0 Å². The number of hydrogen-bond donors (Lipinski definition) is 2. The predicted molar refractivity (Wildman–Crippen MR) is 74.7 cm³/mol.